The minimum absolute atomic E-state index is 0.0328. The van der Waals surface area contributed by atoms with E-state index in [0.29, 0.717) is 11.8 Å². The summed E-state index contributed by atoms with van der Waals surface area (Å²) >= 11 is 0. The Bertz CT molecular complexity index is 444. The zero-order valence-electron chi connectivity index (χ0n) is 11.5. The monoisotopic (exact) mass is 282 g/mol. The van der Waals surface area contributed by atoms with E-state index < -0.39 is 17.4 Å². The molecule has 0 spiro atoms. The van der Waals surface area contributed by atoms with Crippen LogP contribution in [-0.4, -0.2) is 29.6 Å². The highest BCUT2D eigenvalue weighted by atomic mass is 19.1. The van der Waals surface area contributed by atoms with Crippen LogP contribution in [0.15, 0.2) is 24.3 Å². The van der Waals surface area contributed by atoms with Gasteiger partial charge in [-0.05, 0) is 24.1 Å². The van der Waals surface area contributed by atoms with Crippen LogP contribution in [0.3, 0.4) is 0 Å². The van der Waals surface area contributed by atoms with Crippen LogP contribution in [0.25, 0.3) is 0 Å². The van der Waals surface area contributed by atoms with Gasteiger partial charge in [0.25, 0.3) is 0 Å². The van der Waals surface area contributed by atoms with Crippen molar-refractivity contribution in [2.24, 2.45) is 0 Å². The second-order valence-electron chi connectivity index (χ2n) is 4.68. The summed E-state index contributed by atoms with van der Waals surface area (Å²) in [5, 5.41) is 9.41. The number of hydrogen-bond donors (Lipinski definition) is 1. The molecule has 0 bridgehead atoms. The number of unbranched alkanes of at least 4 members (excludes halogenated alkanes) is 1. The molecule has 4 nitrogen and oxygen atoms in total. The highest BCUT2D eigenvalue weighted by molar-refractivity contribution is 5.81. The predicted octanol–water partition coefficient (Wildman–Crippen LogP) is 2.60. The van der Waals surface area contributed by atoms with Gasteiger partial charge in [0, 0.05) is 19.4 Å². The third-order valence-corrected chi connectivity index (χ3v) is 3.08. The summed E-state index contributed by atoms with van der Waals surface area (Å²) in [5.74, 6) is -1.57. The molecular formula is C15H19FO4. The third kappa shape index (κ3) is 4.42. The van der Waals surface area contributed by atoms with Crippen LogP contribution in [0, 0.1) is 5.82 Å². The standard InChI is InChI=1S/C15H19FO4/c1-2-3-10-20-15(8-9-17,14(18)19)11-12-4-6-13(16)7-5-12/h4-7,9H,2-3,8,10-11H2,1H3,(H,18,19). The summed E-state index contributed by atoms with van der Waals surface area (Å²) in [7, 11) is 0. The first-order valence-electron chi connectivity index (χ1n) is 6.59. The number of carboxylic acids is 1. The molecule has 0 saturated carbocycles. The van der Waals surface area contributed by atoms with E-state index in [2.05, 4.69) is 0 Å². The average molecular weight is 282 g/mol. The van der Waals surface area contributed by atoms with E-state index in [1.54, 1.807) is 0 Å². The second kappa shape index (κ2) is 7.75. The molecule has 0 aliphatic carbocycles. The van der Waals surface area contributed by atoms with Crippen molar-refractivity contribution in [3.63, 3.8) is 0 Å². The zero-order valence-corrected chi connectivity index (χ0v) is 11.5. The molecule has 0 aromatic heterocycles. The molecular weight excluding hydrogens is 263 g/mol. The first-order valence-corrected chi connectivity index (χ1v) is 6.59. The minimum atomic E-state index is -1.57. The molecule has 0 aliphatic rings. The smallest absolute Gasteiger partial charge is 0.336 e. The molecule has 0 fully saturated rings. The van der Waals surface area contributed by atoms with E-state index in [0.717, 1.165) is 12.8 Å². The van der Waals surface area contributed by atoms with Gasteiger partial charge < -0.3 is 14.6 Å². The lowest BCUT2D eigenvalue weighted by Gasteiger charge is -2.28. The van der Waals surface area contributed by atoms with Gasteiger partial charge in [-0.3, -0.25) is 0 Å². The van der Waals surface area contributed by atoms with E-state index in [1.165, 1.54) is 24.3 Å². The fourth-order valence-electron chi connectivity index (χ4n) is 1.89. The fourth-order valence-corrected chi connectivity index (χ4v) is 1.89. The molecule has 0 amide bonds. The quantitative estimate of drug-likeness (QED) is 0.558. The van der Waals surface area contributed by atoms with Crippen molar-refractivity contribution in [3.8, 4) is 0 Å². The van der Waals surface area contributed by atoms with E-state index in [4.69, 9.17) is 4.74 Å². The number of carbonyl (C=O) groups is 2. The second-order valence-corrected chi connectivity index (χ2v) is 4.68. The van der Waals surface area contributed by atoms with E-state index in [9.17, 15) is 19.1 Å². The molecule has 1 rings (SSSR count). The van der Waals surface area contributed by atoms with Gasteiger partial charge in [-0.25, -0.2) is 9.18 Å². The molecule has 0 saturated heterocycles. The lowest BCUT2D eigenvalue weighted by molar-refractivity contribution is -0.168. The molecule has 110 valence electrons. The third-order valence-electron chi connectivity index (χ3n) is 3.08. The van der Waals surface area contributed by atoms with Gasteiger partial charge in [-0.2, -0.15) is 0 Å². The van der Waals surface area contributed by atoms with Gasteiger partial charge >= 0.3 is 5.97 Å². The van der Waals surface area contributed by atoms with Crippen molar-refractivity contribution in [1.29, 1.82) is 0 Å². The molecule has 5 heteroatoms. The summed E-state index contributed by atoms with van der Waals surface area (Å²) in [6.07, 6.45) is 1.93. The minimum Gasteiger partial charge on any atom is -0.479 e. The Balaban J connectivity index is 2.92. The molecule has 20 heavy (non-hydrogen) atoms. The van der Waals surface area contributed by atoms with Gasteiger partial charge in [-0.15, -0.1) is 0 Å². The zero-order chi connectivity index (χ0) is 15.0. The number of ether oxygens (including phenoxy) is 1. The average Bonchev–Trinajstić information content (AvgIpc) is 2.41. The predicted molar refractivity (Wildman–Crippen MR) is 72.0 cm³/mol. The maximum absolute atomic E-state index is 12.9. The van der Waals surface area contributed by atoms with Crippen LogP contribution in [-0.2, 0) is 20.7 Å². The van der Waals surface area contributed by atoms with Crippen molar-refractivity contribution in [2.75, 3.05) is 6.61 Å². The van der Waals surface area contributed by atoms with E-state index in [1.807, 2.05) is 6.92 Å². The van der Waals surface area contributed by atoms with Crippen LogP contribution in [0.1, 0.15) is 31.7 Å². The summed E-state index contributed by atoms with van der Waals surface area (Å²) in [5.41, 5.74) is -0.957. The number of carboxylic acid groups (broad SMARTS) is 1. The summed E-state index contributed by atoms with van der Waals surface area (Å²) in [6.45, 7) is 2.24. The van der Waals surface area contributed by atoms with Crippen LogP contribution in [0.2, 0.25) is 0 Å². The van der Waals surface area contributed by atoms with Crippen molar-refractivity contribution in [1.82, 2.24) is 0 Å². The van der Waals surface area contributed by atoms with Crippen molar-refractivity contribution >= 4 is 12.3 Å². The molecule has 0 radical (unpaired) electrons. The number of aldehydes is 1. The van der Waals surface area contributed by atoms with Gasteiger partial charge in [0.15, 0.2) is 5.60 Å². The van der Waals surface area contributed by atoms with E-state index in [-0.39, 0.29) is 19.4 Å². The highest BCUT2D eigenvalue weighted by Crippen LogP contribution is 2.23. The number of rotatable bonds is 9. The molecule has 1 aromatic rings. The van der Waals surface area contributed by atoms with Crippen LogP contribution >= 0.6 is 0 Å². The normalized spacial score (nSPS) is 13.7. The number of aliphatic carboxylic acids is 1. The van der Waals surface area contributed by atoms with Crippen LogP contribution in [0.5, 0.6) is 0 Å². The van der Waals surface area contributed by atoms with Gasteiger partial charge in [0.05, 0.1) is 0 Å². The number of carbonyl (C=O) groups excluding carboxylic acids is 1. The Labute approximate surface area is 117 Å². The Morgan fingerprint density at radius 2 is 2.05 bits per heavy atom. The molecule has 1 atom stereocenters. The lowest BCUT2D eigenvalue weighted by atomic mass is 9.91. The number of hydrogen-bond acceptors (Lipinski definition) is 3. The van der Waals surface area contributed by atoms with Gasteiger partial charge in [0.1, 0.15) is 12.1 Å². The number of benzene rings is 1. The Hall–Kier alpha value is -1.75. The van der Waals surface area contributed by atoms with Crippen LogP contribution in [0.4, 0.5) is 4.39 Å². The van der Waals surface area contributed by atoms with Gasteiger partial charge in [-0.1, -0.05) is 25.5 Å². The first kappa shape index (κ1) is 16.3. The highest BCUT2D eigenvalue weighted by Gasteiger charge is 2.39. The summed E-state index contributed by atoms with van der Waals surface area (Å²) in [4.78, 5) is 22.3. The molecule has 1 N–H and O–H groups in total. The molecule has 0 heterocycles. The molecule has 1 aromatic carbocycles. The maximum atomic E-state index is 12.9. The van der Waals surface area contributed by atoms with E-state index >= 15 is 0 Å². The first-order chi connectivity index (χ1) is 9.54. The lowest BCUT2D eigenvalue weighted by Crippen LogP contribution is -2.44. The van der Waals surface area contributed by atoms with Crippen molar-refractivity contribution < 1.29 is 23.8 Å². The molecule has 0 aliphatic heterocycles. The van der Waals surface area contributed by atoms with Crippen LogP contribution < -0.4 is 0 Å². The largest absolute Gasteiger partial charge is 0.479 e. The van der Waals surface area contributed by atoms with Crippen molar-refractivity contribution in [3.05, 3.63) is 35.6 Å². The summed E-state index contributed by atoms with van der Waals surface area (Å²) < 4.78 is 18.4. The number of halogens is 1. The summed E-state index contributed by atoms with van der Waals surface area (Å²) in [6, 6.07) is 5.52. The molecule has 1 unspecified atom stereocenters. The van der Waals surface area contributed by atoms with Gasteiger partial charge in [0.2, 0.25) is 0 Å². The van der Waals surface area contributed by atoms with Crippen molar-refractivity contribution in [2.45, 2.75) is 38.2 Å². The Morgan fingerprint density at radius 1 is 1.40 bits per heavy atom. The Morgan fingerprint density at radius 3 is 2.55 bits per heavy atom. The fraction of sp³-hybridized carbons (Fsp3) is 0.467. The SMILES string of the molecule is CCCCOC(CC=O)(Cc1ccc(F)cc1)C(=O)O. The topological polar surface area (TPSA) is 63.6 Å². The maximum Gasteiger partial charge on any atom is 0.336 e. The Kier molecular flexibility index (Phi) is 6.31.